The Balaban J connectivity index is 1.44. The number of hydrogen-bond donors (Lipinski definition) is 1. The molecule has 0 bridgehead atoms. The molecule has 4 rings (SSSR count). The molecular formula is C20H26ClN3O2. The number of nitrogens with one attached hydrogen (secondary N) is 1. The van der Waals surface area contributed by atoms with Crippen LogP contribution in [0.5, 0.6) is 0 Å². The van der Waals surface area contributed by atoms with E-state index in [0.717, 1.165) is 37.9 Å². The zero-order valence-electron chi connectivity index (χ0n) is 15.3. The lowest BCUT2D eigenvalue weighted by Crippen LogP contribution is -2.51. The van der Waals surface area contributed by atoms with Crippen LogP contribution in [0.3, 0.4) is 0 Å². The molecule has 3 amide bonds. The van der Waals surface area contributed by atoms with E-state index in [2.05, 4.69) is 10.2 Å². The lowest BCUT2D eigenvalue weighted by molar-refractivity contribution is -0.145. The molecule has 140 valence electrons. The van der Waals surface area contributed by atoms with Gasteiger partial charge in [0, 0.05) is 26.2 Å². The summed E-state index contributed by atoms with van der Waals surface area (Å²) < 4.78 is 0. The van der Waals surface area contributed by atoms with Crippen LogP contribution in [-0.2, 0) is 4.79 Å². The van der Waals surface area contributed by atoms with E-state index in [0.29, 0.717) is 29.7 Å². The van der Waals surface area contributed by atoms with Crippen molar-refractivity contribution < 1.29 is 9.59 Å². The minimum absolute atomic E-state index is 0.162. The lowest BCUT2D eigenvalue weighted by Gasteiger charge is -2.39. The van der Waals surface area contributed by atoms with Gasteiger partial charge in [-0.15, -0.1) is 0 Å². The second-order valence-corrected chi connectivity index (χ2v) is 8.52. The molecule has 5 nitrogen and oxygen atoms in total. The quantitative estimate of drug-likeness (QED) is 0.870. The molecule has 0 unspecified atom stereocenters. The minimum atomic E-state index is -0.375. The van der Waals surface area contributed by atoms with Gasteiger partial charge in [-0.3, -0.25) is 4.79 Å². The highest BCUT2D eigenvalue weighted by molar-refractivity contribution is 6.33. The predicted molar refractivity (Wildman–Crippen MR) is 102 cm³/mol. The Kier molecular flexibility index (Phi) is 4.59. The molecule has 3 aliphatic rings. The van der Waals surface area contributed by atoms with E-state index >= 15 is 0 Å². The number of benzene rings is 1. The number of amides is 3. The van der Waals surface area contributed by atoms with Crippen LogP contribution in [-0.4, -0.2) is 47.9 Å². The van der Waals surface area contributed by atoms with Gasteiger partial charge in [0.25, 0.3) is 0 Å². The van der Waals surface area contributed by atoms with Crippen molar-refractivity contribution in [3.05, 3.63) is 28.8 Å². The van der Waals surface area contributed by atoms with Crippen molar-refractivity contribution in [2.24, 2.45) is 11.3 Å². The number of carbonyl (C=O) groups is 2. The molecule has 3 fully saturated rings. The summed E-state index contributed by atoms with van der Waals surface area (Å²) in [6, 6.07) is 5.40. The molecule has 2 saturated heterocycles. The maximum Gasteiger partial charge on any atom is 0.321 e. The number of anilines is 1. The third-order valence-corrected chi connectivity index (χ3v) is 6.41. The number of rotatable bonds is 3. The molecule has 2 heterocycles. The van der Waals surface area contributed by atoms with Gasteiger partial charge in [-0.05, 0) is 56.6 Å². The van der Waals surface area contributed by atoms with Crippen LogP contribution in [0.25, 0.3) is 0 Å². The summed E-state index contributed by atoms with van der Waals surface area (Å²) in [5, 5.41) is 3.48. The number of urea groups is 1. The number of carbonyl (C=O) groups excluding carboxylic acids is 2. The molecule has 1 spiro atoms. The largest absolute Gasteiger partial charge is 0.342 e. The van der Waals surface area contributed by atoms with E-state index in [4.69, 9.17) is 11.6 Å². The number of para-hydroxylation sites is 1. The van der Waals surface area contributed by atoms with Crippen LogP contribution in [0, 0.1) is 18.3 Å². The summed E-state index contributed by atoms with van der Waals surface area (Å²) in [5.74, 6) is 0.970. The summed E-state index contributed by atoms with van der Waals surface area (Å²) >= 11 is 6.23. The highest BCUT2D eigenvalue weighted by atomic mass is 35.5. The molecule has 1 aromatic rings. The molecule has 1 aliphatic carbocycles. The molecule has 6 heteroatoms. The van der Waals surface area contributed by atoms with Crippen LogP contribution in [0.2, 0.25) is 5.02 Å². The zero-order valence-corrected chi connectivity index (χ0v) is 16.0. The van der Waals surface area contributed by atoms with Crippen molar-refractivity contribution in [1.82, 2.24) is 9.80 Å². The van der Waals surface area contributed by atoms with Gasteiger partial charge >= 0.3 is 6.03 Å². The summed E-state index contributed by atoms with van der Waals surface area (Å²) in [6.45, 7) is 4.85. The third kappa shape index (κ3) is 3.29. The van der Waals surface area contributed by atoms with Gasteiger partial charge in [0.1, 0.15) is 0 Å². The lowest BCUT2D eigenvalue weighted by atomic mass is 9.78. The van der Waals surface area contributed by atoms with E-state index in [-0.39, 0.29) is 17.4 Å². The van der Waals surface area contributed by atoms with Crippen molar-refractivity contribution in [3.63, 3.8) is 0 Å². The number of aryl methyl sites for hydroxylation is 1. The van der Waals surface area contributed by atoms with E-state index in [1.807, 2.05) is 19.1 Å². The number of nitrogens with zero attached hydrogens (tertiary/aromatic N) is 2. The fourth-order valence-corrected chi connectivity index (χ4v) is 4.61. The van der Waals surface area contributed by atoms with Crippen LogP contribution in [0.15, 0.2) is 18.2 Å². The first kappa shape index (κ1) is 17.7. The van der Waals surface area contributed by atoms with Crippen LogP contribution in [0.1, 0.15) is 37.7 Å². The number of hydrogen-bond acceptors (Lipinski definition) is 2. The van der Waals surface area contributed by atoms with Gasteiger partial charge in [-0.25, -0.2) is 4.79 Å². The van der Waals surface area contributed by atoms with Gasteiger partial charge in [0.15, 0.2) is 0 Å². The van der Waals surface area contributed by atoms with Gasteiger partial charge < -0.3 is 15.1 Å². The van der Waals surface area contributed by atoms with Crippen LogP contribution >= 0.6 is 11.6 Å². The Labute approximate surface area is 159 Å². The topological polar surface area (TPSA) is 52.7 Å². The molecule has 26 heavy (non-hydrogen) atoms. The Morgan fingerprint density at radius 2 is 2.12 bits per heavy atom. The second kappa shape index (κ2) is 6.76. The first-order valence-corrected chi connectivity index (χ1v) is 9.97. The number of piperidine rings is 1. The summed E-state index contributed by atoms with van der Waals surface area (Å²) in [7, 11) is 0. The van der Waals surface area contributed by atoms with Gasteiger partial charge in [-0.2, -0.15) is 0 Å². The van der Waals surface area contributed by atoms with Gasteiger partial charge in [-0.1, -0.05) is 23.7 Å². The molecule has 1 atom stereocenters. The molecule has 1 saturated carbocycles. The van der Waals surface area contributed by atoms with Crippen molar-refractivity contribution in [2.45, 2.75) is 39.0 Å². The number of halogens is 1. The first-order valence-electron chi connectivity index (χ1n) is 9.59. The molecule has 1 aromatic carbocycles. The number of likely N-dealkylation sites (tertiary alicyclic amines) is 2. The van der Waals surface area contributed by atoms with E-state index < -0.39 is 0 Å². The molecule has 1 N–H and O–H groups in total. The van der Waals surface area contributed by atoms with E-state index in [1.165, 1.54) is 12.8 Å². The SMILES string of the molecule is Cc1cccc(Cl)c1NC(=O)N1CC[C@]2(CCCN(CC3CC3)C2=O)C1. The molecular weight excluding hydrogens is 350 g/mol. The summed E-state index contributed by atoms with van der Waals surface area (Å²) in [5.41, 5.74) is 1.22. The normalized spacial score (nSPS) is 25.8. The Morgan fingerprint density at radius 1 is 1.31 bits per heavy atom. The van der Waals surface area contributed by atoms with Crippen molar-refractivity contribution >= 4 is 29.2 Å². The maximum absolute atomic E-state index is 13.1. The summed E-state index contributed by atoms with van der Waals surface area (Å²) in [4.78, 5) is 29.7. The second-order valence-electron chi connectivity index (χ2n) is 8.11. The monoisotopic (exact) mass is 375 g/mol. The molecule has 0 aromatic heterocycles. The van der Waals surface area contributed by atoms with Crippen LogP contribution in [0.4, 0.5) is 10.5 Å². The summed E-state index contributed by atoms with van der Waals surface area (Å²) in [6.07, 6.45) is 5.20. The fourth-order valence-electron chi connectivity index (χ4n) is 4.34. The van der Waals surface area contributed by atoms with Crippen LogP contribution < -0.4 is 5.32 Å². The highest BCUT2D eigenvalue weighted by Gasteiger charge is 2.50. The predicted octanol–water partition coefficient (Wildman–Crippen LogP) is 3.90. The van der Waals surface area contributed by atoms with Crippen molar-refractivity contribution in [2.75, 3.05) is 31.5 Å². The molecule has 2 aliphatic heterocycles. The van der Waals surface area contributed by atoms with E-state index in [1.54, 1.807) is 11.0 Å². The third-order valence-electron chi connectivity index (χ3n) is 6.09. The Bertz CT molecular complexity index is 714. The fraction of sp³-hybridized carbons (Fsp3) is 0.600. The minimum Gasteiger partial charge on any atom is -0.342 e. The average molecular weight is 376 g/mol. The van der Waals surface area contributed by atoms with Gasteiger partial charge in [0.2, 0.25) is 5.91 Å². The first-order chi connectivity index (χ1) is 12.5. The van der Waals surface area contributed by atoms with E-state index in [9.17, 15) is 9.59 Å². The van der Waals surface area contributed by atoms with Gasteiger partial charge in [0.05, 0.1) is 16.1 Å². The van der Waals surface area contributed by atoms with Crippen molar-refractivity contribution in [3.8, 4) is 0 Å². The zero-order chi connectivity index (χ0) is 18.3. The standard InChI is InChI=1S/C20H26ClN3O2/c1-14-4-2-5-16(21)17(14)22-19(26)24-11-9-20(13-24)8-3-10-23(18(20)25)12-15-6-7-15/h2,4-5,15H,3,6-13H2,1H3,(H,22,26)/t20-/m1/s1. The average Bonchev–Trinajstić information content (AvgIpc) is 3.33. The smallest absolute Gasteiger partial charge is 0.321 e. The maximum atomic E-state index is 13.1. The Morgan fingerprint density at radius 3 is 2.85 bits per heavy atom. The molecule has 0 radical (unpaired) electrons. The van der Waals surface area contributed by atoms with Crippen molar-refractivity contribution in [1.29, 1.82) is 0 Å². The highest BCUT2D eigenvalue weighted by Crippen LogP contribution is 2.42. The Hall–Kier alpha value is -1.75.